The SMILES string of the molecule is C=S(C)C1OC(COCc2ccc(OC)cc2)C(OCc2ccc(OC)cc2)C(OCc2ccc(OC)cc2)C1OCc1ccc(OC)cc1. The van der Waals surface area contributed by atoms with Crippen molar-refractivity contribution in [2.75, 3.05) is 41.3 Å². The lowest BCUT2D eigenvalue weighted by Gasteiger charge is -2.46. The second kappa shape index (κ2) is 18.9. The molecule has 0 N–H and O–H groups in total. The van der Waals surface area contributed by atoms with Crippen molar-refractivity contribution >= 4 is 16.4 Å². The molecule has 1 fully saturated rings. The van der Waals surface area contributed by atoms with E-state index >= 15 is 0 Å². The van der Waals surface area contributed by atoms with Crippen LogP contribution in [-0.4, -0.2) is 77.0 Å². The van der Waals surface area contributed by atoms with Crippen LogP contribution in [0.5, 0.6) is 23.0 Å². The number of benzene rings is 4. The normalized spacial score (nSPS) is 20.9. The van der Waals surface area contributed by atoms with Gasteiger partial charge in [-0.3, -0.25) is 0 Å². The van der Waals surface area contributed by atoms with Gasteiger partial charge >= 0.3 is 0 Å². The standard InChI is InChI=1S/C40H48O9S/c1-41-32-15-7-28(8-16-32)23-45-27-36-37(46-24-29-9-17-33(42-2)18-10-29)38(47-25-30-11-19-34(43-3)20-12-30)39(40(49-36)50(5)6)48-26-31-13-21-35(44-4)22-14-31/h7-22,36-40H,5,23-27H2,1-4,6H3. The minimum Gasteiger partial charge on any atom is -0.497 e. The second-order valence-electron chi connectivity index (χ2n) is 12.0. The van der Waals surface area contributed by atoms with E-state index in [0.29, 0.717) is 26.4 Å². The summed E-state index contributed by atoms with van der Waals surface area (Å²) in [6, 6.07) is 31.3. The molecule has 0 amide bonds. The maximum atomic E-state index is 6.83. The van der Waals surface area contributed by atoms with Crippen LogP contribution in [0, 0.1) is 0 Å². The maximum Gasteiger partial charge on any atom is 0.127 e. The first-order valence-electron chi connectivity index (χ1n) is 16.4. The van der Waals surface area contributed by atoms with Gasteiger partial charge in [0.1, 0.15) is 52.8 Å². The van der Waals surface area contributed by atoms with Crippen molar-refractivity contribution in [1.29, 1.82) is 0 Å². The molecule has 1 aliphatic rings. The van der Waals surface area contributed by atoms with E-state index in [1.807, 2.05) is 97.1 Å². The topological polar surface area (TPSA) is 83.1 Å². The Balaban J connectivity index is 1.42. The Labute approximate surface area is 298 Å². The van der Waals surface area contributed by atoms with Crippen molar-refractivity contribution < 1.29 is 42.6 Å². The van der Waals surface area contributed by atoms with E-state index in [9.17, 15) is 0 Å². The molecule has 4 aromatic carbocycles. The smallest absolute Gasteiger partial charge is 0.127 e. The van der Waals surface area contributed by atoms with Gasteiger partial charge in [0.05, 0.1) is 61.5 Å². The summed E-state index contributed by atoms with van der Waals surface area (Å²) in [5.41, 5.74) is 3.63. The van der Waals surface area contributed by atoms with Gasteiger partial charge in [-0.1, -0.05) is 54.4 Å². The molecule has 5 rings (SSSR count). The summed E-state index contributed by atoms with van der Waals surface area (Å²) < 4.78 is 54.8. The first-order valence-corrected chi connectivity index (χ1v) is 18.3. The number of hydrogen-bond donors (Lipinski definition) is 0. The number of ether oxygens (including phenoxy) is 9. The zero-order chi connectivity index (χ0) is 35.3. The van der Waals surface area contributed by atoms with Gasteiger partial charge in [0, 0.05) is 0 Å². The summed E-state index contributed by atoms with van der Waals surface area (Å²) in [5.74, 6) is 7.54. The van der Waals surface area contributed by atoms with Gasteiger partial charge in [-0.2, -0.15) is 10.5 Å². The maximum absolute atomic E-state index is 6.83. The van der Waals surface area contributed by atoms with Crippen molar-refractivity contribution in [1.82, 2.24) is 0 Å². The molecule has 0 aliphatic carbocycles. The van der Waals surface area contributed by atoms with E-state index in [0.717, 1.165) is 45.3 Å². The van der Waals surface area contributed by atoms with Crippen molar-refractivity contribution in [3.8, 4) is 23.0 Å². The van der Waals surface area contributed by atoms with E-state index in [1.165, 1.54) is 0 Å². The Morgan fingerprint density at radius 1 is 0.500 bits per heavy atom. The van der Waals surface area contributed by atoms with Crippen LogP contribution in [0.1, 0.15) is 22.3 Å². The van der Waals surface area contributed by atoms with E-state index in [4.69, 9.17) is 42.6 Å². The Bertz CT molecular complexity index is 1590. The molecule has 0 radical (unpaired) electrons. The van der Waals surface area contributed by atoms with Crippen molar-refractivity contribution in [3.63, 3.8) is 0 Å². The van der Waals surface area contributed by atoms with Gasteiger partial charge < -0.3 is 42.6 Å². The largest absolute Gasteiger partial charge is 0.497 e. The van der Waals surface area contributed by atoms with Crippen molar-refractivity contribution in [2.45, 2.75) is 56.3 Å². The van der Waals surface area contributed by atoms with Crippen LogP contribution in [-0.2, 0) is 50.1 Å². The molecule has 1 saturated heterocycles. The van der Waals surface area contributed by atoms with Crippen LogP contribution < -0.4 is 18.9 Å². The lowest BCUT2D eigenvalue weighted by molar-refractivity contribution is -0.254. The summed E-state index contributed by atoms with van der Waals surface area (Å²) in [6.07, 6.45) is 0.0586. The summed E-state index contributed by atoms with van der Waals surface area (Å²) >= 11 is 0. The average molecular weight is 705 g/mol. The van der Waals surface area contributed by atoms with Gasteiger partial charge in [-0.05, 0) is 77.0 Å². The molecule has 0 saturated carbocycles. The fourth-order valence-corrected chi connectivity index (χ4v) is 6.68. The third-order valence-corrected chi connectivity index (χ3v) is 9.67. The van der Waals surface area contributed by atoms with Crippen LogP contribution in [0.2, 0.25) is 0 Å². The lowest BCUT2D eigenvalue weighted by Crippen LogP contribution is -2.60. The Morgan fingerprint density at radius 3 is 1.20 bits per heavy atom. The van der Waals surface area contributed by atoms with Gasteiger partial charge in [0.25, 0.3) is 0 Å². The van der Waals surface area contributed by atoms with Crippen molar-refractivity contribution in [2.24, 2.45) is 0 Å². The fraction of sp³-hybridized carbons (Fsp3) is 0.375. The quantitative estimate of drug-likeness (QED) is 0.101. The van der Waals surface area contributed by atoms with Crippen molar-refractivity contribution in [3.05, 3.63) is 119 Å². The van der Waals surface area contributed by atoms with Crippen LogP contribution in [0.15, 0.2) is 97.1 Å². The molecule has 1 heterocycles. The Kier molecular flexibility index (Phi) is 14.1. The van der Waals surface area contributed by atoms with Gasteiger partial charge in [0.15, 0.2) is 0 Å². The molecule has 50 heavy (non-hydrogen) atoms. The number of methoxy groups -OCH3 is 4. The summed E-state index contributed by atoms with van der Waals surface area (Å²) in [7, 11) is 6.17. The lowest BCUT2D eigenvalue weighted by atomic mass is 9.98. The predicted octanol–water partition coefficient (Wildman–Crippen LogP) is 7.05. The highest BCUT2D eigenvalue weighted by atomic mass is 32.2. The van der Waals surface area contributed by atoms with Crippen LogP contribution in [0.4, 0.5) is 0 Å². The molecule has 10 heteroatoms. The molecular weight excluding hydrogens is 656 g/mol. The minimum atomic E-state index is -0.535. The first kappa shape index (κ1) is 37.4. The number of rotatable bonds is 18. The summed E-state index contributed by atoms with van der Waals surface area (Å²) in [5, 5.41) is 0. The Morgan fingerprint density at radius 2 is 0.840 bits per heavy atom. The third-order valence-electron chi connectivity index (χ3n) is 8.50. The second-order valence-corrected chi connectivity index (χ2v) is 13.8. The predicted molar refractivity (Wildman–Crippen MR) is 197 cm³/mol. The van der Waals surface area contributed by atoms with Crippen LogP contribution in [0.3, 0.4) is 0 Å². The van der Waals surface area contributed by atoms with E-state index in [2.05, 4.69) is 12.1 Å². The first-order chi connectivity index (χ1) is 24.4. The zero-order valence-electron chi connectivity index (χ0n) is 29.4. The van der Waals surface area contributed by atoms with Gasteiger partial charge in [-0.15, -0.1) is 0 Å². The molecule has 0 aromatic heterocycles. The summed E-state index contributed by atoms with van der Waals surface area (Å²) in [4.78, 5) is 0. The highest BCUT2D eigenvalue weighted by Gasteiger charge is 2.48. The van der Waals surface area contributed by atoms with Crippen LogP contribution in [0.25, 0.3) is 0 Å². The fourth-order valence-electron chi connectivity index (χ4n) is 5.66. The molecule has 6 unspecified atom stereocenters. The van der Waals surface area contributed by atoms with Crippen LogP contribution >= 0.6 is 10.5 Å². The molecule has 0 spiro atoms. The molecule has 0 bridgehead atoms. The molecule has 6 atom stereocenters. The van der Waals surface area contributed by atoms with Gasteiger partial charge in [-0.25, -0.2) is 0 Å². The zero-order valence-corrected chi connectivity index (χ0v) is 30.3. The van der Waals surface area contributed by atoms with E-state index in [-0.39, 0.29) is 12.0 Å². The molecule has 9 nitrogen and oxygen atoms in total. The summed E-state index contributed by atoms with van der Waals surface area (Å²) in [6.45, 7) is 1.68. The molecular formula is C40H48O9S. The average Bonchev–Trinajstić information content (AvgIpc) is 3.16. The molecule has 1 aliphatic heterocycles. The van der Waals surface area contributed by atoms with E-state index < -0.39 is 34.9 Å². The molecule has 4 aromatic rings. The molecule has 268 valence electrons. The highest BCUT2D eigenvalue weighted by molar-refractivity contribution is 8.13. The monoisotopic (exact) mass is 704 g/mol. The third kappa shape index (κ3) is 10.3. The Hall–Kier alpha value is -3.90. The van der Waals surface area contributed by atoms with E-state index in [1.54, 1.807) is 28.4 Å². The number of hydrogen-bond acceptors (Lipinski definition) is 9. The van der Waals surface area contributed by atoms with Gasteiger partial charge in [0.2, 0.25) is 0 Å². The highest BCUT2D eigenvalue weighted by Crippen LogP contribution is 2.37. The minimum absolute atomic E-state index is 0.278.